The Kier molecular flexibility index (Phi) is 4.66. The average molecular weight is 415 g/mol. The lowest BCUT2D eigenvalue weighted by Gasteiger charge is -2.05. The van der Waals surface area contributed by atoms with Crippen molar-refractivity contribution in [1.82, 2.24) is 14.4 Å². The van der Waals surface area contributed by atoms with Crippen molar-refractivity contribution >= 4 is 39.6 Å². The maximum atomic E-state index is 13.3. The fourth-order valence-corrected chi connectivity index (χ4v) is 3.52. The maximum absolute atomic E-state index is 13.3. The minimum absolute atomic E-state index is 0.0124. The molecule has 140 valence electrons. The van der Waals surface area contributed by atoms with Gasteiger partial charge in [0.15, 0.2) is 5.13 Å². The fraction of sp³-hybridized carbons (Fsp3) is 0.0526. The molecule has 4 rings (SSSR count). The van der Waals surface area contributed by atoms with Gasteiger partial charge in [0.05, 0.1) is 10.7 Å². The highest BCUT2D eigenvalue weighted by Crippen LogP contribution is 2.28. The van der Waals surface area contributed by atoms with Crippen LogP contribution in [-0.2, 0) is 0 Å². The number of nitrogens with zero attached hydrogens (tertiary/aromatic N) is 3. The Morgan fingerprint density at radius 2 is 2.11 bits per heavy atom. The first kappa shape index (κ1) is 18.3. The molecule has 0 spiro atoms. The molecule has 0 aliphatic heterocycles. The standard InChI is InChI=1S/C19H12ClFN4O2S/c1-10-2-5-16-22-7-12(18(27)25(16)8-10)17(26)24-19-23-15(9-28-19)11-3-4-14(21)13(20)6-11/h2-9H,1H3,(H,23,24,26). The Morgan fingerprint density at radius 3 is 2.89 bits per heavy atom. The molecule has 0 radical (unpaired) electrons. The topological polar surface area (TPSA) is 76.4 Å². The second-order valence-corrected chi connectivity index (χ2v) is 7.30. The zero-order chi connectivity index (χ0) is 19.8. The molecule has 0 fully saturated rings. The Labute approximate surface area is 167 Å². The van der Waals surface area contributed by atoms with Gasteiger partial charge >= 0.3 is 0 Å². The van der Waals surface area contributed by atoms with Gasteiger partial charge in [-0.1, -0.05) is 17.7 Å². The van der Waals surface area contributed by atoms with Crippen LogP contribution in [0, 0.1) is 12.7 Å². The summed E-state index contributed by atoms with van der Waals surface area (Å²) in [4.78, 5) is 33.6. The smallest absolute Gasteiger partial charge is 0.270 e. The van der Waals surface area contributed by atoms with Crippen LogP contribution in [0.15, 0.2) is 52.9 Å². The summed E-state index contributed by atoms with van der Waals surface area (Å²) in [7, 11) is 0. The van der Waals surface area contributed by atoms with E-state index in [0.717, 1.165) is 5.56 Å². The molecule has 4 aromatic rings. The number of fused-ring (bicyclic) bond motifs is 1. The average Bonchev–Trinajstić information content (AvgIpc) is 3.13. The number of nitrogens with one attached hydrogen (secondary N) is 1. The van der Waals surface area contributed by atoms with Crippen LogP contribution in [0.5, 0.6) is 0 Å². The second-order valence-electron chi connectivity index (χ2n) is 6.03. The number of thiazole rings is 1. The van der Waals surface area contributed by atoms with Crippen molar-refractivity contribution < 1.29 is 9.18 Å². The molecule has 28 heavy (non-hydrogen) atoms. The van der Waals surface area contributed by atoms with Crippen LogP contribution in [0.3, 0.4) is 0 Å². The summed E-state index contributed by atoms with van der Waals surface area (Å²) in [6.07, 6.45) is 2.87. The molecule has 0 saturated heterocycles. The van der Waals surface area contributed by atoms with Gasteiger partial charge in [0.1, 0.15) is 17.0 Å². The number of aryl methyl sites for hydroxylation is 1. The van der Waals surface area contributed by atoms with Crippen LogP contribution in [0.4, 0.5) is 9.52 Å². The Hall–Kier alpha value is -3.10. The minimum Gasteiger partial charge on any atom is -0.298 e. The third kappa shape index (κ3) is 3.39. The van der Waals surface area contributed by atoms with E-state index in [9.17, 15) is 14.0 Å². The van der Waals surface area contributed by atoms with Crippen molar-refractivity contribution in [2.45, 2.75) is 6.92 Å². The lowest BCUT2D eigenvalue weighted by molar-refractivity contribution is 0.102. The van der Waals surface area contributed by atoms with Gasteiger partial charge in [0, 0.05) is 23.3 Å². The van der Waals surface area contributed by atoms with E-state index in [1.165, 1.54) is 34.1 Å². The monoisotopic (exact) mass is 414 g/mol. The van der Waals surface area contributed by atoms with E-state index >= 15 is 0 Å². The largest absolute Gasteiger partial charge is 0.298 e. The number of pyridine rings is 1. The molecule has 9 heteroatoms. The number of carbonyl (C=O) groups is 1. The highest BCUT2D eigenvalue weighted by atomic mass is 35.5. The van der Waals surface area contributed by atoms with Gasteiger partial charge in [-0.05, 0) is 36.8 Å². The number of hydrogen-bond donors (Lipinski definition) is 1. The van der Waals surface area contributed by atoms with Crippen molar-refractivity contribution in [2.75, 3.05) is 5.32 Å². The number of rotatable bonds is 3. The van der Waals surface area contributed by atoms with Gasteiger partial charge in [-0.3, -0.25) is 19.3 Å². The lowest BCUT2D eigenvalue weighted by atomic mass is 10.2. The van der Waals surface area contributed by atoms with Gasteiger partial charge in [-0.2, -0.15) is 0 Å². The van der Waals surface area contributed by atoms with Crippen molar-refractivity contribution in [3.05, 3.63) is 80.4 Å². The van der Waals surface area contributed by atoms with Crippen molar-refractivity contribution in [2.24, 2.45) is 0 Å². The third-order valence-corrected chi connectivity index (χ3v) is 5.08. The van der Waals surface area contributed by atoms with E-state index in [2.05, 4.69) is 15.3 Å². The minimum atomic E-state index is -0.605. The summed E-state index contributed by atoms with van der Waals surface area (Å²) in [5.41, 5.74) is 1.92. The van der Waals surface area contributed by atoms with Crippen molar-refractivity contribution in [1.29, 1.82) is 0 Å². The first-order chi connectivity index (χ1) is 13.4. The Bertz CT molecular complexity index is 1280. The Morgan fingerprint density at radius 1 is 1.29 bits per heavy atom. The van der Waals surface area contributed by atoms with E-state index in [0.29, 0.717) is 22.0 Å². The summed E-state index contributed by atoms with van der Waals surface area (Å²) in [5.74, 6) is -1.12. The van der Waals surface area contributed by atoms with E-state index < -0.39 is 17.3 Å². The number of aromatic nitrogens is 3. The van der Waals surface area contributed by atoms with Crippen LogP contribution in [0.25, 0.3) is 16.9 Å². The first-order valence-corrected chi connectivity index (χ1v) is 9.38. The zero-order valence-electron chi connectivity index (χ0n) is 14.4. The third-order valence-electron chi connectivity index (χ3n) is 4.03. The van der Waals surface area contributed by atoms with E-state index in [1.807, 2.05) is 13.0 Å². The highest BCUT2D eigenvalue weighted by Gasteiger charge is 2.16. The van der Waals surface area contributed by atoms with Crippen LogP contribution in [0.2, 0.25) is 5.02 Å². The van der Waals surface area contributed by atoms with Gasteiger partial charge in [-0.15, -0.1) is 11.3 Å². The molecule has 1 aromatic carbocycles. The molecule has 3 heterocycles. The van der Waals surface area contributed by atoms with Crippen LogP contribution < -0.4 is 10.9 Å². The molecule has 0 unspecified atom stereocenters. The van der Waals surface area contributed by atoms with Crippen LogP contribution in [0.1, 0.15) is 15.9 Å². The molecule has 0 atom stereocenters. The van der Waals surface area contributed by atoms with Crippen molar-refractivity contribution in [3.8, 4) is 11.3 Å². The summed E-state index contributed by atoms with van der Waals surface area (Å²) in [5, 5.41) is 4.59. The summed E-state index contributed by atoms with van der Waals surface area (Å²) < 4.78 is 14.6. The quantitative estimate of drug-likeness (QED) is 0.545. The molecular formula is C19H12ClFN4O2S. The molecule has 0 bridgehead atoms. The lowest BCUT2D eigenvalue weighted by Crippen LogP contribution is -2.26. The zero-order valence-corrected chi connectivity index (χ0v) is 16.0. The molecule has 0 aliphatic rings. The SMILES string of the molecule is Cc1ccc2ncc(C(=O)Nc3nc(-c4ccc(F)c(Cl)c4)cs3)c(=O)n2c1. The molecular weight excluding hydrogens is 403 g/mol. The molecule has 1 N–H and O–H groups in total. The number of amides is 1. The van der Waals surface area contributed by atoms with E-state index in [-0.39, 0.29) is 10.6 Å². The first-order valence-electron chi connectivity index (χ1n) is 8.13. The van der Waals surface area contributed by atoms with E-state index in [1.54, 1.807) is 23.7 Å². The fourth-order valence-electron chi connectivity index (χ4n) is 2.62. The van der Waals surface area contributed by atoms with Gasteiger partial charge in [-0.25, -0.2) is 14.4 Å². The van der Waals surface area contributed by atoms with Crippen molar-refractivity contribution in [3.63, 3.8) is 0 Å². The molecule has 1 amide bonds. The molecule has 3 aromatic heterocycles. The molecule has 0 aliphatic carbocycles. The molecule has 6 nitrogen and oxygen atoms in total. The second kappa shape index (κ2) is 7.14. The molecule has 0 saturated carbocycles. The number of halogens is 2. The van der Waals surface area contributed by atoms with Gasteiger partial charge in [0.2, 0.25) is 0 Å². The predicted octanol–water partition coefficient (Wildman–Crippen LogP) is 4.17. The van der Waals surface area contributed by atoms with Gasteiger partial charge in [0.25, 0.3) is 11.5 Å². The Balaban J connectivity index is 1.62. The predicted molar refractivity (Wildman–Crippen MR) is 107 cm³/mol. The number of benzene rings is 1. The number of anilines is 1. The highest BCUT2D eigenvalue weighted by molar-refractivity contribution is 7.14. The summed E-state index contributed by atoms with van der Waals surface area (Å²) in [6, 6.07) is 7.79. The number of hydrogen-bond acceptors (Lipinski definition) is 5. The number of carbonyl (C=O) groups excluding carboxylic acids is 1. The normalized spacial score (nSPS) is 11.0. The van der Waals surface area contributed by atoms with Crippen LogP contribution >= 0.6 is 22.9 Å². The summed E-state index contributed by atoms with van der Waals surface area (Å²) >= 11 is 6.98. The summed E-state index contributed by atoms with van der Waals surface area (Å²) in [6.45, 7) is 1.84. The maximum Gasteiger partial charge on any atom is 0.270 e. The van der Waals surface area contributed by atoms with Crippen LogP contribution in [-0.4, -0.2) is 20.3 Å². The van der Waals surface area contributed by atoms with Gasteiger partial charge < -0.3 is 0 Å². The van der Waals surface area contributed by atoms with E-state index in [4.69, 9.17) is 11.6 Å².